The smallest absolute Gasteiger partial charge is 0.336 e. The van der Waals surface area contributed by atoms with Gasteiger partial charge in [0, 0.05) is 0 Å². The van der Waals surface area contributed by atoms with Gasteiger partial charge in [0.05, 0.1) is 11.8 Å². The highest BCUT2D eigenvalue weighted by atomic mass is 19.1. The molecule has 0 atom stereocenters. The molecule has 86 valence electrons. The summed E-state index contributed by atoms with van der Waals surface area (Å²) in [6, 6.07) is 8.70. The van der Waals surface area contributed by atoms with Crippen LogP contribution in [0.3, 0.4) is 0 Å². The molecule has 0 spiro atoms. The van der Waals surface area contributed by atoms with Crippen LogP contribution in [0.4, 0.5) is 4.39 Å². The number of rotatable bonds is 3. The number of carboxylic acid groups (broad SMARTS) is 1. The van der Waals surface area contributed by atoms with Crippen LogP contribution in [-0.4, -0.2) is 11.1 Å². The summed E-state index contributed by atoms with van der Waals surface area (Å²) >= 11 is 0. The van der Waals surface area contributed by atoms with Gasteiger partial charge in [-0.3, -0.25) is 0 Å². The first-order valence-corrected chi connectivity index (χ1v) is 4.91. The molecule has 3 nitrogen and oxygen atoms in total. The molecule has 1 heterocycles. The van der Waals surface area contributed by atoms with E-state index in [0.29, 0.717) is 11.3 Å². The average Bonchev–Trinajstić information content (AvgIpc) is 2.78. The maximum Gasteiger partial charge on any atom is 0.336 e. The highest BCUT2D eigenvalue weighted by Gasteiger charge is 2.11. The molecule has 17 heavy (non-hydrogen) atoms. The number of aliphatic carboxylic acids is 1. The fourth-order valence-corrected chi connectivity index (χ4v) is 1.44. The molecule has 0 unspecified atom stereocenters. The Morgan fingerprint density at radius 2 is 2.12 bits per heavy atom. The Hall–Kier alpha value is -2.36. The molecule has 0 saturated carbocycles. The summed E-state index contributed by atoms with van der Waals surface area (Å²) in [5.74, 6) is -1.20. The van der Waals surface area contributed by atoms with E-state index in [1.807, 2.05) is 0 Å². The molecule has 1 aromatic heterocycles. The normalized spacial score (nSPS) is 11.5. The second kappa shape index (κ2) is 4.65. The Kier molecular flexibility index (Phi) is 3.05. The zero-order valence-corrected chi connectivity index (χ0v) is 8.76. The highest BCUT2D eigenvalue weighted by Crippen LogP contribution is 2.19. The molecule has 0 amide bonds. The van der Waals surface area contributed by atoms with Crippen LogP contribution < -0.4 is 0 Å². The Bertz CT molecular complexity index is 556. The summed E-state index contributed by atoms with van der Waals surface area (Å²) in [7, 11) is 0. The minimum atomic E-state index is -1.13. The van der Waals surface area contributed by atoms with E-state index in [9.17, 15) is 9.18 Å². The first kappa shape index (κ1) is 11.1. The minimum Gasteiger partial charge on any atom is -0.478 e. The molecular formula is C13H9FO3. The van der Waals surface area contributed by atoms with Crippen molar-refractivity contribution in [3.63, 3.8) is 0 Å². The first-order valence-electron chi connectivity index (χ1n) is 4.91. The van der Waals surface area contributed by atoms with Crippen molar-refractivity contribution in [1.29, 1.82) is 0 Å². The highest BCUT2D eigenvalue weighted by molar-refractivity contribution is 6.20. The van der Waals surface area contributed by atoms with Crippen LogP contribution in [0.5, 0.6) is 0 Å². The standard InChI is InChI=1S/C13H9FO3/c14-10-4-1-3-9(7-10)12(13(15)16)8-11-5-2-6-17-11/h1-8H,(H,15,16)/b12-8+. The number of carbonyl (C=O) groups is 1. The van der Waals surface area contributed by atoms with Gasteiger partial charge in [0.1, 0.15) is 11.6 Å². The lowest BCUT2D eigenvalue weighted by Crippen LogP contribution is -1.99. The fourth-order valence-electron chi connectivity index (χ4n) is 1.44. The number of hydrogen-bond acceptors (Lipinski definition) is 2. The Labute approximate surface area is 96.8 Å². The van der Waals surface area contributed by atoms with Crippen molar-refractivity contribution in [3.8, 4) is 0 Å². The predicted molar refractivity (Wildman–Crippen MR) is 60.6 cm³/mol. The van der Waals surface area contributed by atoms with Gasteiger partial charge in [0.2, 0.25) is 0 Å². The summed E-state index contributed by atoms with van der Waals surface area (Å²) in [6.07, 6.45) is 2.80. The van der Waals surface area contributed by atoms with Gasteiger partial charge in [0.25, 0.3) is 0 Å². The Morgan fingerprint density at radius 3 is 2.71 bits per heavy atom. The Balaban J connectivity index is 2.46. The summed E-state index contributed by atoms with van der Waals surface area (Å²) in [5, 5.41) is 9.08. The van der Waals surface area contributed by atoms with E-state index in [-0.39, 0.29) is 5.57 Å². The van der Waals surface area contributed by atoms with E-state index in [1.165, 1.54) is 36.6 Å². The van der Waals surface area contributed by atoms with Crippen LogP contribution in [0.15, 0.2) is 47.1 Å². The Morgan fingerprint density at radius 1 is 1.29 bits per heavy atom. The lowest BCUT2D eigenvalue weighted by molar-refractivity contribution is -0.130. The second-order valence-electron chi connectivity index (χ2n) is 3.39. The lowest BCUT2D eigenvalue weighted by atomic mass is 10.1. The minimum absolute atomic E-state index is 0.0144. The lowest BCUT2D eigenvalue weighted by Gasteiger charge is -2.01. The van der Waals surface area contributed by atoms with Gasteiger partial charge < -0.3 is 9.52 Å². The quantitative estimate of drug-likeness (QED) is 0.827. The zero-order valence-electron chi connectivity index (χ0n) is 8.76. The first-order chi connectivity index (χ1) is 8.16. The van der Waals surface area contributed by atoms with Crippen molar-refractivity contribution in [1.82, 2.24) is 0 Å². The molecule has 2 aromatic rings. The van der Waals surface area contributed by atoms with Gasteiger partial charge in [-0.2, -0.15) is 0 Å². The van der Waals surface area contributed by atoms with Gasteiger partial charge in [0.15, 0.2) is 0 Å². The van der Waals surface area contributed by atoms with E-state index < -0.39 is 11.8 Å². The van der Waals surface area contributed by atoms with Crippen molar-refractivity contribution in [2.45, 2.75) is 0 Å². The van der Waals surface area contributed by atoms with E-state index >= 15 is 0 Å². The molecule has 0 fully saturated rings. The van der Waals surface area contributed by atoms with Crippen molar-refractivity contribution in [2.75, 3.05) is 0 Å². The monoisotopic (exact) mass is 232 g/mol. The molecule has 0 aliphatic heterocycles. The van der Waals surface area contributed by atoms with Gasteiger partial charge in [-0.25, -0.2) is 9.18 Å². The van der Waals surface area contributed by atoms with Gasteiger partial charge >= 0.3 is 5.97 Å². The third-order valence-corrected chi connectivity index (χ3v) is 2.20. The molecule has 0 radical (unpaired) electrons. The van der Waals surface area contributed by atoms with Crippen molar-refractivity contribution in [3.05, 3.63) is 59.8 Å². The summed E-state index contributed by atoms with van der Waals surface area (Å²) in [6.45, 7) is 0. The van der Waals surface area contributed by atoms with Crippen LogP contribution >= 0.6 is 0 Å². The van der Waals surface area contributed by atoms with Crippen molar-refractivity contribution < 1.29 is 18.7 Å². The predicted octanol–water partition coefficient (Wildman–Crippen LogP) is 3.04. The van der Waals surface area contributed by atoms with Crippen LogP contribution in [0.25, 0.3) is 11.6 Å². The van der Waals surface area contributed by atoms with E-state index in [1.54, 1.807) is 12.1 Å². The van der Waals surface area contributed by atoms with E-state index in [4.69, 9.17) is 9.52 Å². The molecule has 0 aliphatic rings. The van der Waals surface area contributed by atoms with Gasteiger partial charge in [-0.05, 0) is 35.9 Å². The van der Waals surface area contributed by atoms with Crippen molar-refractivity contribution >= 4 is 17.6 Å². The SMILES string of the molecule is O=C(O)/C(=C/c1ccco1)c1cccc(F)c1. The number of benzene rings is 1. The van der Waals surface area contributed by atoms with Crippen LogP contribution in [0, 0.1) is 5.82 Å². The largest absolute Gasteiger partial charge is 0.478 e. The summed E-state index contributed by atoms with van der Waals surface area (Å²) in [4.78, 5) is 11.1. The summed E-state index contributed by atoms with van der Waals surface area (Å²) in [5.41, 5.74) is 0.286. The molecule has 0 bridgehead atoms. The number of hydrogen-bond donors (Lipinski definition) is 1. The third-order valence-electron chi connectivity index (χ3n) is 2.20. The molecule has 0 saturated heterocycles. The van der Waals surface area contributed by atoms with Gasteiger partial charge in [-0.1, -0.05) is 12.1 Å². The van der Waals surface area contributed by atoms with E-state index in [0.717, 1.165) is 0 Å². The summed E-state index contributed by atoms with van der Waals surface area (Å²) < 4.78 is 18.1. The molecule has 4 heteroatoms. The number of halogens is 1. The number of furan rings is 1. The molecular weight excluding hydrogens is 223 g/mol. The van der Waals surface area contributed by atoms with Crippen LogP contribution in [-0.2, 0) is 4.79 Å². The van der Waals surface area contributed by atoms with Crippen molar-refractivity contribution in [2.24, 2.45) is 0 Å². The maximum atomic E-state index is 13.0. The van der Waals surface area contributed by atoms with Gasteiger partial charge in [-0.15, -0.1) is 0 Å². The molecule has 1 aromatic carbocycles. The maximum absolute atomic E-state index is 13.0. The molecule has 1 N–H and O–H groups in total. The van der Waals surface area contributed by atoms with E-state index in [2.05, 4.69) is 0 Å². The fraction of sp³-hybridized carbons (Fsp3) is 0. The second-order valence-corrected chi connectivity index (χ2v) is 3.39. The average molecular weight is 232 g/mol. The van der Waals surface area contributed by atoms with Crippen LogP contribution in [0.1, 0.15) is 11.3 Å². The van der Waals surface area contributed by atoms with Crippen LogP contribution in [0.2, 0.25) is 0 Å². The molecule has 2 rings (SSSR count). The zero-order chi connectivity index (χ0) is 12.3. The topological polar surface area (TPSA) is 50.4 Å². The molecule has 0 aliphatic carbocycles. The number of carboxylic acids is 1. The third kappa shape index (κ3) is 2.60.